The van der Waals surface area contributed by atoms with E-state index in [4.69, 9.17) is 5.41 Å². The molecule has 1 aliphatic rings. The molecule has 2 amide bonds. The number of nitrogens with zero attached hydrogens (tertiary/aromatic N) is 1. The lowest BCUT2D eigenvalue weighted by atomic mass is 10.0. The van der Waals surface area contributed by atoms with Gasteiger partial charge < -0.3 is 5.41 Å². The van der Waals surface area contributed by atoms with E-state index < -0.39 is 0 Å². The Morgan fingerprint density at radius 2 is 1.48 bits per heavy atom. The first-order valence-electron chi connectivity index (χ1n) is 7.65. The van der Waals surface area contributed by atoms with Crippen LogP contribution in [0.5, 0.6) is 0 Å². The van der Waals surface area contributed by atoms with E-state index in [1.54, 1.807) is 24.3 Å². The zero-order valence-corrected chi connectivity index (χ0v) is 13.0. The molecule has 1 atom stereocenters. The van der Waals surface area contributed by atoms with Crippen LogP contribution in [0.3, 0.4) is 0 Å². The van der Waals surface area contributed by atoms with Gasteiger partial charge in [0.05, 0.1) is 11.1 Å². The fraction of sp³-hybridized carbons (Fsp3) is 0.211. The standard InChI is InChI=1S/C19H18N2O2/c1-13(11-15(20)12-14-7-3-2-4-8-14)21-18(22)16-9-5-6-10-17(16)19(21)23/h2-10,13,20H,11-12H2,1H3. The molecule has 3 rings (SSSR count). The van der Waals surface area contributed by atoms with Crippen molar-refractivity contribution in [2.75, 3.05) is 0 Å². The van der Waals surface area contributed by atoms with Gasteiger partial charge in [0.1, 0.15) is 0 Å². The van der Waals surface area contributed by atoms with Crippen LogP contribution in [-0.4, -0.2) is 28.5 Å². The van der Waals surface area contributed by atoms with E-state index in [0.29, 0.717) is 29.7 Å². The van der Waals surface area contributed by atoms with Crippen molar-refractivity contribution in [3.8, 4) is 0 Å². The highest BCUT2D eigenvalue weighted by atomic mass is 16.2. The smallest absolute Gasteiger partial charge is 0.261 e. The molecule has 1 N–H and O–H groups in total. The predicted octanol–water partition coefficient (Wildman–Crippen LogP) is 3.32. The summed E-state index contributed by atoms with van der Waals surface area (Å²) in [5.74, 6) is -0.517. The predicted molar refractivity (Wildman–Crippen MR) is 88.9 cm³/mol. The number of carbonyl (C=O) groups excluding carboxylic acids is 2. The normalized spacial score (nSPS) is 14.7. The van der Waals surface area contributed by atoms with Gasteiger partial charge in [-0.15, -0.1) is 0 Å². The minimum Gasteiger partial charge on any atom is -0.309 e. The van der Waals surface area contributed by atoms with Gasteiger partial charge in [0.25, 0.3) is 11.8 Å². The second kappa shape index (κ2) is 6.16. The Bertz CT molecular complexity index is 733. The molecule has 4 heteroatoms. The van der Waals surface area contributed by atoms with Crippen LogP contribution in [0.2, 0.25) is 0 Å². The van der Waals surface area contributed by atoms with Crippen molar-refractivity contribution in [3.63, 3.8) is 0 Å². The number of imide groups is 1. The van der Waals surface area contributed by atoms with Crippen molar-refractivity contribution in [1.82, 2.24) is 4.90 Å². The van der Waals surface area contributed by atoms with Crippen molar-refractivity contribution in [2.45, 2.75) is 25.8 Å². The number of hydrogen-bond acceptors (Lipinski definition) is 3. The van der Waals surface area contributed by atoms with Crippen LogP contribution in [0.4, 0.5) is 0 Å². The van der Waals surface area contributed by atoms with Crippen LogP contribution in [0.15, 0.2) is 54.6 Å². The lowest BCUT2D eigenvalue weighted by Gasteiger charge is -2.22. The third-order valence-electron chi connectivity index (χ3n) is 4.07. The Kier molecular flexibility index (Phi) is 4.06. The summed E-state index contributed by atoms with van der Waals surface area (Å²) in [6.45, 7) is 1.82. The lowest BCUT2D eigenvalue weighted by molar-refractivity contribution is 0.0601. The molecule has 1 heterocycles. The molecule has 2 aromatic carbocycles. The molecule has 0 spiro atoms. The molecular weight excluding hydrogens is 288 g/mol. The van der Waals surface area contributed by atoms with Crippen LogP contribution in [0.25, 0.3) is 0 Å². The summed E-state index contributed by atoms with van der Waals surface area (Å²) in [6.07, 6.45) is 0.925. The van der Waals surface area contributed by atoms with Gasteiger partial charge in [-0.3, -0.25) is 14.5 Å². The van der Waals surface area contributed by atoms with Crippen molar-refractivity contribution >= 4 is 17.5 Å². The highest BCUT2D eigenvalue weighted by Crippen LogP contribution is 2.25. The van der Waals surface area contributed by atoms with Crippen LogP contribution < -0.4 is 0 Å². The van der Waals surface area contributed by atoms with E-state index in [1.165, 1.54) is 4.90 Å². The minimum absolute atomic E-state index is 0.259. The summed E-state index contributed by atoms with van der Waals surface area (Å²) < 4.78 is 0. The topological polar surface area (TPSA) is 61.2 Å². The molecule has 1 unspecified atom stereocenters. The monoisotopic (exact) mass is 306 g/mol. The molecule has 0 aromatic heterocycles. The van der Waals surface area contributed by atoms with Crippen molar-refractivity contribution in [3.05, 3.63) is 71.3 Å². The Balaban J connectivity index is 1.70. The summed E-state index contributed by atoms with van der Waals surface area (Å²) >= 11 is 0. The maximum absolute atomic E-state index is 12.4. The minimum atomic E-state index is -0.321. The Hall–Kier alpha value is -2.75. The Labute approximate surface area is 135 Å². The van der Waals surface area contributed by atoms with Gasteiger partial charge in [0.2, 0.25) is 0 Å². The SMILES string of the molecule is CC(CC(=N)Cc1ccccc1)N1C(=O)c2ccccc2C1=O. The summed E-state index contributed by atoms with van der Waals surface area (Å²) in [4.78, 5) is 26.1. The molecule has 0 radical (unpaired) electrons. The molecule has 0 saturated carbocycles. The number of amides is 2. The maximum Gasteiger partial charge on any atom is 0.261 e. The number of nitrogens with one attached hydrogen (secondary N) is 1. The number of carbonyl (C=O) groups is 2. The van der Waals surface area contributed by atoms with Gasteiger partial charge in [-0.25, -0.2) is 0 Å². The van der Waals surface area contributed by atoms with Gasteiger partial charge in [-0.1, -0.05) is 42.5 Å². The zero-order chi connectivity index (χ0) is 16.4. The second-order valence-electron chi connectivity index (χ2n) is 5.84. The van der Waals surface area contributed by atoms with E-state index in [2.05, 4.69) is 0 Å². The van der Waals surface area contributed by atoms with Gasteiger partial charge >= 0.3 is 0 Å². The van der Waals surface area contributed by atoms with E-state index >= 15 is 0 Å². The summed E-state index contributed by atoms with van der Waals surface area (Å²) in [5.41, 5.74) is 2.49. The zero-order valence-electron chi connectivity index (χ0n) is 13.0. The summed E-state index contributed by atoms with van der Waals surface area (Å²) in [7, 11) is 0. The van der Waals surface area contributed by atoms with E-state index in [1.807, 2.05) is 37.3 Å². The third-order valence-corrected chi connectivity index (χ3v) is 4.07. The molecule has 0 fully saturated rings. The Morgan fingerprint density at radius 1 is 0.957 bits per heavy atom. The number of fused-ring (bicyclic) bond motifs is 1. The molecule has 0 aliphatic carbocycles. The summed E-state index contributed by atoms with van der Waals surface area (Å²) in [6, 6.07) is 16.3. The van der Waals surface area contributed by atoms with Gasteiger partial charge in [0, 0.05) is 24.6 Å². The molecule has 23 heavy (non-hydrogen) atoms. The van der Waals surface area contributed by atoms with Crippen LogP contribution in [0, 0.1) is 5.41 Å². The highest BCUT2D eigenvalue weighted by Gasteiger charge is 2.38. The van der Waals surface area contributed by atoms with Crippen molar-refractivity contribution in [2.24, 2.45) is 0 Å². The number of rotatable bonds is 5. The fourth-order valence-corrected chi connectivity index (χ4v) is 2.97. The average Bonchev–Trinajstić information content (AvgIpc) is 2.80. The molecule has 4 nitrogen and oxygen atoms in total. The highest BCUT2D eigenvalue weighted by molar-refractivity contribution is 6.21. The Morgan fingerprint density at radius 3 is 2.04 bits per heavy atom. The molecule has 2 aromatic rings. The first-order valence-corrected chi connectivity index (χ1v) is 7.65. The van der Waals surface area contributed by atoms with Gasteiger partial charge in [0.15, 0.2) is 0 Å². The van der Waals surface area contributed by atoms with Crippen LogP contribution >= 0.6 is 0 Å². The number of hydrogen-bond donors (Lipinski definition) is 1. The lowest BCUT2D eigenvalue weighted by Crippen LogP contribution is -2.39. The largest absolute Gasteiger partial charge is 0.309 e. The van der Waals surface area contributed by atoms with Crippen LogP contribution in [0.1, 0.15) is 39.6 Å². The maximum atomic E-state index is 12.4. The quantitative estimate of drug-likeness (QED) is 0.680. The fourth-order valence-electron chi connectivity index (χ4n) is 2.97. The molecular formula is C19H18N2O2. The molecule has 116 valence electrons. The average molecular weight is 306 g/mol. The van der Waals surface area contributed by atoms with Gasteiger partial charge in [-0.05, 0) is 24.6 Å². The number of benzene rings is 2. The molecule has 1 aliphatic heterocycles. The molecule has 0 bridgehead atoms. The van der Waals surface area contributed by atoms with E-state index in [9.17, 15) is 9.59 Å². The molecule has 0 saturated heterocycles. The van der Waals surface area contributed by atoms with Crippen molar-refractivity contribution in [1.29, 1.82) is 5.41 Å². The first-order chi connectivity index (χ1) is 11.1. The van der Waals surface area contributed by atoms with Gasteiger partial charge in [-0.2, -0.15) is 0 Å². The van der Waals surface area contributed by atoms with Crippen molar-refractivity contribution < 1.29 is 9.59 Å². The second-order valence-corrected chi connectivity index (χ2v) is 5.84. The van der Waals surface area contributed by atoms with Crippen LogP contribution in [-0.2, 0) is 6.42 Å². The summed E-state index contributed by atoms with van der Waals surface area (Å²) in [5, 5.41) is 8.16. The first kappa shape index (κ1) is 15.2. The van der Waals surface area contributed by atoms with E-state index in [-0.39, 0.29) is 17.9 Å². The third kappa shape index (κ3) is 2.93. The van der Waals surface area contributed by atoms with E-state index in [0.717, 1.165) is 5.56 Å².